The smallest absolute Gasteiger partial charge is 0.223 e. The maximum Gasteiger partial charge on any atom is 0.223 e. The Morgan fingerprint density at radius 1 is 0.966 bits per heavy atom. The van der Waals surface area contributed by atoms with Crippen molar-refractivity contribution in [3.63, 3.8) is 0 Å². The van der Waals surface area contributed by atoms with E-state index in [2.05, 4.69) is 12.1 Å². The van der Waals surface area contributed by atoms with Gasteiger partial charge in [-0.3, -0.25) is 9.59 Å². The van der Waals surface area contributed by atoms with Gasteiger partial charge in [0.15, 0.2) is 5.78 Å². The lowest BCUT2D eigenvalue weighted by atomic mass is 10.0. The number of carbonyl (C=O) groups excluding carboxylic acids is 2. The van der Waals surface area contributed by atoms with Gasteiger partial charge < -0.3 is 14.5 Å². The fraction of sp³-hybridized carbons (Fsp3) is 0.417. The van der Waals surface area contributed by atoms with Crippen LogP contribution in [0.2, 0.25) is 0 Å². The third-order valence-electron chi connectivity index (χ3n) is 5.83. The number of ketones is 1. The van der Waals surface area contributed by atoms with Crippen LogP contribution in [0.25, 0.3) is 0 Å². The molecule has 1 fully saturated rings. The lowest BCUT2D eigenvalue weighted by Crippen LogP contribution is -3.13. The Kier molecular flexibility index (Phi) is 7.04. The van der Waals surface area contributed by atoms with E-state index in [-0.39, 0.29) is 18.1 Å². The van der Waals surface area contributed by atoms with Crippen LogP contribution in [0, 0.1) is 13.8 Å². The molecular weight excluding hydrogens is 364 g/mol. The van der Waals surface area contributed by atoms with Gasteiger partial charge in [0.1, 0.15) is 12.3 Å². The predicted octanol–water partition coefficient (Wildman–Crippen LogP) is 2.20. The van der Waals surface area contributed by atoms with Crippen LogP contribution in [0.5, 0.6) is 5.75 Å². The van der Waals surface area contributed by atoms with Crippen molar-refractivity contribution in [3.8, 4) is 5.75 Å². The van der Waals surface area contributed by atoms with Crippen LogP contribution in [-0.4, -0.2) is 49.9 Å². The molecule has 0 aliphatic carbocycles. The highest BCUT2D eigenvalue weighted by Crippen LogP contribution is 2.13. The van der Waals surface area contributed by atoms with Gasteiger partial charge in [-0.2, -0.15) is 0 Å². The zero-order valence-corrected chi connectivity index (χ0v) is 17.7. The maximum absolute atomic E-state index is 12.5. The number of amides is 1. The van der Waals surface area contributed by atoms with E-state index in [1.165, 1.54) is 16.0 Å². The summed E-state index contributed by atoms with van der Waals surface area (Å²) in [6.07, 6.45) is 0.569. The molecule has 1 amide bonds. The number of rotatable bonds is 7. The Labute approximate surface area is 173 Å². The maximum atomic E-state index is 12.5. The van der Waals surface area contributed by atoms with Crippen LogP contribution in [-0.2, 0) is 11.3 Å². The van der Waals surface area contributed by atoms with E-state index in [0.29, 0.717) is 12.0 Å². The molecule has 1 heterocycles. The van der Waals surface area contributed by atoms with Crippen molar-refractivity contribution < 1.29 is 19.2 Å². The molecule has 0 saturated carbocycles. The molecular formula is C24H31N2O3+. The van der Waals surface area contributed by atoms with Crippen LogP contribution >= 0.6 is 0 Å². The molecule has 5 heteroatoms. The molecule has 1 N–H and O–H groups in total. The van der Waals surface area contributed by atoms with Gasteiger partial charge in [0.25, 0.3) is 0 Å². The predicted molar refractivity (Wildman–Crippen MR) is 113 cm³/mol. The van der Waals surface area contributed by atoms with Crippen molar-refractivity contribution in [2.75, 3.05) is 33.3 Å². The first-order valence-corrected chi connectivity index (χ1v) is 10.3. The number of benzene rings is 2. The molecule has 29 heavy (non-hydrogen) atoms. The van der Waals surface area contributed by atoms with E-state index in [4.69, 9.17) is 4.74 Å². The average molecular weight is 396 g/mol. The summed E-state index contributed by atoms with van der Waals surface area (Å²) in [5.74, 6) is 1.01. The van der Waals surface area contributed by atoms with Crippen LogP contribution in [0.1, 0.15) is 39.9 Å². The number of carbonyl (C=O) groups is 2. The molecule has 1 aliphatic heterocycles. The van der Waals surface area contributed by atoms with Crippen LogP contribution in [0.3, 0.4) is 0 Å². The zero-order valence-electron chi connectivity index (χ0n) is 17.7. The van der Waals surface area contributed by atoms with E-state index < -0.39 is 0 Å². The van der Waals surface area contributed by atoms with E-state index in [1.807, 2.05) is 49.1 Å². The lowest BCUT2D eigenvalue weighted by Gasteiger charge is -2.32. The molecule has 2 aromatic carbocycles. The number of methoxy groups -OCH3 is 1. The number of ether oxygens (including phenoxy) is 1. The summed E-state index contributed by atoms with van der Waals surface area (Å²) in [6, 6.07) is 13.9. The fourth-order valence-electron chi connectivity index (χ4n) is 3.72. The summed E-state index contributed by atoms with van der Waals surface area (Å²) >= 11 is 0. The molecule has 0 atom stereocenters. The second-order valence-corrected chi connectivity index (χ2v) is 7.88. The van der Waals surface area contributed by atoms with Gasteiger partial charge >= 0.3 is 0 Å². The summed E-state index contributed by atoms with van der Waals surface area (Å²) in [5, 5.41) is 0. The minimum Gasteiger partial charge on any atom is -0.497 e. The Morgan fingerprint density at radius 2 is 1.66 bits per heavy atom. The molecule has 0 radical (unpaired) electrons. The first-order valence-electron chi connectivity index (χ1n) is 10.3. The average Bonchev–Trinajstić information content (AvgIpc) is 2.74. The van der Waals surface area contributed by atoms with Crippen LogP contribution < -0.4 is 9.64 Å². The summed E-state index contributed by atoms with van der Waals surface area (Å²) in [4.78, 5) is 28.3. The zero-order chi connectivity index (χ0) is 20.8. The second-order valence-electron chi connectivity index (χ2n) is 7.88. The third kappa shape index (κ3) is 5.67. The highest BCUT2D eigenvalue weighted by Gasteiger charge is 2.24. The number of hydrogen-bond acceptors (Lipinski definition) is 3. The molecule has 0 aromatic heterocycles. The normalized spacial score (nSPS) is 14.7. The Hall–Kier alpha value is -2.66. The molecule has 0 bridgehead atoms. The van der Waals surface area contributed by atoms with E-state index in [9.17, 15) is 9.59 Å². The Bertz CT molecular complexity index is 853. The van der Waals surface area contributed by atoms with E-state index >= 15 is 0 Å². The van der Waals surface area contributed by atoms with E-state index in [1.54, 1.807) is 7.11 Å². The number of quaternary nitrogens is 1. The molecule has 0 spiro atoms. The fourth-order valence-corrected chi connectivity index (χ4v) is 3.72. The monoisotopic (exact) mass is 395 g/mol. The summed E-state index contributed by atoms with van der Waals surface area (Å²) in [5.41, 5.74) is 4.26. The van der Waals surface area contributed by atoms with Crippen molar-refractivity contribution in [3.05, 3.63) is 64.7 Å². The molecule has 5 nitrogen and oxygen atoms in total. The summed E-state index contributed by atoms with van der Waals surface area (Å²) < 4.78 is 5.20. The molecule has 0 unspecified atom stereocenters. The lowest BCUT2D eigenvalue weighted by molar-refractivity contribution is -0.917. The van der Waals surface area contributed by atoms with Gasteiger partial charge in [0.2, 0.25) is 5.91 Å². The highest BCUT2D eigenvalue weighted by atomic mass is 16.5. The van der Waals surface area contributed by atoms with Crippen LogP contribution in [0.4, 0.5) is 0 Å². The Morgan fingerprint density at radius 3 is 2.28 bits per heavy atom. The van der Waals surface area contributed by atoms with Gasteiger partial charge in [0.05, 0.1) is 33.3 Å². The number of aryl methyl sites for hydroxylation is 2. The Balaban J connectivity index is 1.43. The van der Waals surface area contributed by atoms with Gasteiger partial charge in [-0.15, -0.1) is 0 Å². The van der Waals surface area contributed by atoms with Gasteiger partial charge in [-0.25, -0.2) is 0 Å². The largest absolute Gasteiger partial charge is 0.497 e. The number of nitrogens with one attached hydrogen (secondary N) is 1. The highest BCUT2D eigenvalue weighted by molar-refractivity contribution is 5.98. The van der Waals surface area contributed by atoms with Crippen molar-refractivity contribution in [1.29, 1.82) is 0 Å². The summed E-state index contributed by atoms with van der Waals surface area (Å²) in [7, 11) is 1.67. The van der Waals surface area contributed by atoms with Gasteiger partial charge in [0, 0.05) is 24.0 Å². The van der Waals surface area contributed by atoms with Crippen molar-refractivity contribution >= 4 is 11.7 Å². The number of nitrogens with zero attached hydrogens (tertiary/aromatic N) is 1. The minimum absolute atomic E-state index is 0.0465. The molecule has 2 aromatic rings. The molecule has 154 valence electrons. The van der Waals surface area contributed by atoms with Crippen molar-refractivity contribution in [2.24, 2.45) is 0 Å². The number of piperazine rings is 1. The van der Waals surface area contributed by atoms with Crippen LogP contribution in [0.15, 0.2) is 42.5 Å². The minimum atomic E-state index is 0.0465. The van der Waals surface area contributed by atoms with Gasteiger partial charge in [-0.1, -0.05) is 12.1 Å². The number of Topliss-reactive ketones (excluding diaryl/α,β-unsaturated/α-hetero) is 1. The quantitative estimate of drug-likeness (QED) is 0.732. The van der Waals surface area contributed by atoms with Gasteiger partial charge in [-0.05, 0) is 55.3 Å². The first kappa shape index (κ1) is 21.1. The SMILES string of the molecule is COc1ccc(C[NH+]2CCN(C(=O)CCC(=O)c3ccc(C)c(C)c3)CC2)cc1. The first-order chi connectivity index (χ1) is 14.0. The van der Waals surface area contributed by atoms with Crippen molar-refractivity contribution in [1.82, 2.24) is 4.90 Å². The number of hydrogen-bond donors (Lipinski definition) is 1. The molecule has 1 saturated heterocycles. The second kappa shape index (κ2) is 9.70. The van der Waals surface area contributed by atoms with E-state index in [0.717, 1.165) is 44.0 Å². The summed E-state index contributed by atoms with van der Waals surface area (Å²) in [6.45, 7) is 8.36. The van der Waals surface area contributed by atoms with Crippen molar-refractivity contribution in [2.45, 2.75) is 33.2 Å². The molecule has 3 rings (SSSR count). The third-order valence-corrected chi connectivity index (χ3v) is 5.83. The molecule has 1 aliphatic rings. The topological polar surface area (TPSA) is 51.1 Å². The standard InChI is InChI=1S/C24H30N2O3/c1-18-4-7-21(16-19(18)2)23(27)10-11-24(28)26-14-12-25(13-15-26)17-20-5-8-22(29-3)9-6-20/h4-9,16H,10-15,17H2,1-3H3/p+1.